The van der Waals surface area contributed by atoms with E-state index in [0.717, 1.165) is 19.5 Å². The van der Waals surface area contributed by atoms with Crippen molar-refractivity contribution in [1.82, 2.24) is 10.2 Å². The van der Waals surface area contributed by atoms with Crippen LogP contribution in [-0.4, -0.2) is 32.1 Å². The quantitative estimate of drug-likeness (QED) is 0.827. The summed E-state index contributed by atoms with van der Waals surface area (Å²) >= 11 is 0. The highest BCUT2D eigenvalue weighted by Gasteiger charge is 2.11. The summed E-state index contributed by atoms with van der Waals surface area (Å²) in [7, 11) is 4.25. The van der Waals surface area contributed by atoms with E-state index in [1.54, 1.807) is 0 Å². The molecule has 2 heteroatoms. The topological polar surface area (TPSA) is 15.3 Å². The maximum atomic E-state index is 3.63. The molecular weight excluding hydrogens is 256 g/mol. The first-order chi connectivity index (χ1) is 10.2. The van der Waals surface area contributed by atoms with Gasteiger partial charge in [0.1, 0.15) is 0 Å². The van der Waals surface area contributed by atoms with Crippen LogP contribution in [0.3, 0.4) is 0 Å². The molecule has 0 amide bonds. The molecule has 1 atom stereocenters. The summed E-state index contributed by atoms with van der Waals surface area (Å²) in [5, 5.41) is 3.63. The molecule has 0 heterocycles. The molecule has 0 radical (unpaired) electrons. The molecule has 0 aromatic heterocycles. The summed E-state index contributed by atoms with van der Waals surface area (Å²) in [6.07, 6.45) is 1.16. The fourth-order valence-electron chi connectivity index (χ4n) is 2.51. The van der Waals surface area contributed by atoms with Crippen LogP contribution in [0.5, 0.6) is 0 Å². The lowest BCUT2D eigenvalue weighted by Gasteiger charge is -2.23. The van der Waals surface area contributed by atoms with Gasteiger partial charge in [0.15, 0.2) is 0 Å². The minimum absolute atomic E-state index is 0.393. The molecule has 2 aromatic rings. The Morgan fingerprint density at radius 3 is 2.10 bits per heavy atom. The maximum Gasteiger partial charge on any atom is 0.0449 e. The molecule has 1 N–H and O–H groups in total. The van der Waals surface area contributed by atoms with Gasteiger partial charge < -0.3 is 10.2 Å². The third-order valence-electron chi connectivity index (χ3n) is 3.61. The summed E-state index contributed by atoms with van der Waals surface area (Å²) in [5.41, 5.74) is 3.91. The van der Waals surface area contributed by atoms with Gasteiger partial charge in [0.2, 0.25) is 0 Å². The molecular formula is C19H26N2. The first-order valence-corrected chi connectivity index (χ1v) is 7.74. The molecule has 0 saturated heterocycles. The SMILES string of the molecule is CCCNC(CN(C)C)c1ccc(-c2ccccc2)cc1. The normalized spacial score (nSPS) is 12.6. The standard InChI is InChI=1S/C19H26N2/c1-4-14-20-19(15-21(2)3)18-12-10-17(11-13-18)16-8-6-5-7-9-16/h5-13,19-20H,4,14-15H2,1-3H3. The monoisotopic (exact) mass is 282 g/mol. The van der Waals surface area contributed by atoms with Crippen LogP contribution in [0, 0.1) is 0 Å². The Kier molecular flexibility index (Phi) is 5.97. The number of rotatable bonds is 7. The third kappa shape index (κ3) is 4.69. The maximum absolute atomic E-state index is 3.63. The van der Waals surface area contributed by atoms with Crippen LogP contribution in [0.15, 0.2) is 54.6 Å². The Morgan fingerprint density at radius 2 is 1.52 bits per heavy atom. The fourth-order valence-corrected chi connectivity index (χ4v) is 2.51. The lowest BCUT2D eigenvalue weighted by atomic mass is 10.0. The molecule has 2 nitrogen and oxygen atoms in total. The number of nitrogens with one attached hydrogen (secondary N) is 1. The zero-order valence-corrected chi connectivity index (χ0v) is 13.3. The Hall–Kier alpha value is -1.64. The van der Waals surface area contributed by atoms with Crippen molar-refractivity contribution in [2.45, 2.75) is 19.4 Å². The third-order valence-corrected chi connectivity index (χ3v) is 3.61. The fraction of sp³-hybridized carbons (Fsp3) is 0.368. The van der Waals surface area contributed by atoms with Crippen LogP contribution < -0.4 is 5.32 Å². The van der Waals surface area contributed by atoms with E-state index in [4.69, 9.17) is 0 Å². The molecule has 21 heavy (non-hydrogen) atoms. The van der Waals surface area contributed by atoms with Crippen molar-refractivity contribution in [2.24, 2.45) is 0 Å². The molecule has 0 bridgehead atoms. The smallest absolute Gasteiger partial charge is 0.0449 e. The summed E-state index contributed by atoms with van der Waals surface area (Å²) in [6.45, 7) is 4.28. The number of hydrogen-bond donors (Lipinski definition) is 1. The van der Waals surface area contributed by atoms with Crippen LogP contribution >= 0.6 is 0 Å². The van der Waals surface area contributed by atoms with Crippen molar-refractivity contribution in [3.05, 3.63) is 60.2 Å². The zero-order valence-electron chi connectivity index (χ0n) is 13.3. The molecule has 2 aromatic carbocycles. The van der Waals surface area contributed by atoms with Gasteiger partial charge in [-0.3, -0.25) is 0 Å². The number of nitrogens with zero attached hydrogens (tertiary/aromatic N) is 1. The second kappa shape index (κ2) is 7.96. The van der Waals surface area contributed by atoms with Crippen LogP contribution in [0.4, 0.5) is 0 Å². The first-order valence-electron chi connectivity index (χ1n) is 7.74. The molecule has 0 aliphatic heterocycles. The highest BCUT2D eigenvalue weighted by Crippen LogP contribution is 2.22. The molecule has 0 aliphatic carbocycles. The second-order valence-corrected chi connectivity index (χ2v) is 5.76. The molecule has 2 rings (SSSR count). The summed E-state index contributed by atoms with van der Waals surface area (Å²) in [6, 6.07) is 19.9. The van der Waals surface area contributed by atoms with Gasteiger partial charge in [-0.05, 0) is 43.8 Å². The van der Waals surface area contributed by atoms with Gasteiger partial charge in [0.25, 0.3) is 0 Å². The number of hydrogen-bond acceptors (Lipinski definition) is 2. The van der Waals surface area contributed by atoms with Crippen molar-refractivity contribution in [1.29, 1.82) is 0 Å². The largest absolute Gasteiger partial charge is 0.309 e. The van der Waals surface area contributed by atoms with Crippen LogP contribution in [0.25, 0.3) is 11.1 Å². The van der Waals surface area contributed by atoms with Gasteiger partial charge in [-0.1, -0.05) is 61.5 Å². The predicted molar refractivity (Wildman–Crippen MR) is 91.5 cm³/mol. The van der Waals surface area contributed by atoms with Gasteiger partial charge in [0.05, 0.1) is 0 Å². The minimum atomic E-state index is 0.393. The summed E-state index contributed by atoms with van der Waals surface area (Å²) in [4.78, 5) is 2.23. The van der Waals surface area contributed by atoms with Gasteiger partial charge in [-0.15, -0.1) is 0 Å². The zero-order chi connectivity index (χ0) is 15.1. The predicted octanol–water partition coefficient (Wildman–Crippen LogP) is 3.96. The van der Waals surface area contributed by atoms with E-state index < -0.39 is 0 Å². The van der Waals surface area contributed by atoms with Crippen molar-refractivity contribution in [2.75, 3.05) is 27.2 Å². The summed E-state index contributed by atoms with van der Waals surface area (Å²) in [5.74, 6) is 0. The molecule has 0 spiro atoms. The van der Waals surface area contributed by atoms with E-state index in [9.17, 15) is 0 Å². The van der Waals surface area contributed by atoms with Crippen LogP contribution in [-0.2, 0) is 0 Å². The van der Waals surface area contributed by atoms with Gasteiger partial charge >= 0.3 is 0 Å². The van der Waals surface area contributed by atoms with Gasteiger partial charge in [0, 0.05) is 12.6 Å². The van der Waals surface area contributed by atoms with E-state index in [2.05, 4.69) is 85.8 Å². The van der Waals surface area contributed by atoms with Crippen LogP contribution in [0.1, 0.15) is 24.9 Å². The lowest BCUT2D eigenvalue weighted by molar-refractivity contribution is 0.342. The van der Waals surface area contributed by atoms with Crippen molar-refractivity contribution >= 4 is 0 Å². The average Bonchev–Trinajstić information content (AvgIpc) is 2.52. The van der Waals surface area contributed by atoms with Crippen LogP contribution in [0.2, 0.25) is 0 Å². The minimum Gasteiger partial charge on any atom is -0.309 e. The summed E-state index contributed by atoms with van der Waals surface area (Å²) < 4.78 is 0. The van der Waals surface area contributed by atoms with Gasteiger partial charge in [-0.25, -0.2) is 0 Å². The Morgan fingerprint density at radius 1 is 0.905 bits per heavy atom. The van der Waals surface area contributed by atoms with Crippen molar-refractivity contribution < 1.29 is 0 Å². The Bertz CT molecular complexity index is 517. The Balaban J connectivity index is 2.15. The highest BCUT2D eigenvalue weighted by atomic mass is 15.1. The van der Waals surface area contributed by atoms with E-state index in [1.165, 1.54) is 16.7 Å². The van der Waals surface area contributed by atoms with E-state index >= 15 is 0 Å². The molecule has 1 unspecified atom stereocenters. The Labute approximate surface area is 128 Å². The van der Waals surface area contributed by atoms with E-state index in [-0.39, 0.29) is 0 Å². The molecule has 112 valence electrons. The van der Waals surface area contributed by atoms with Gasteiger partial charge in [-0.2, -0.15) is 0 Å². The van der Waals surface area contributed by atoms with E-state index in [0.29, 0.717) is 6.04 Å². The molecule has 0 fully saturated rings. The number of benzene rings is 2. The van der Waals surface area contributed by atoms with Crippen molar-refractivity contribution in [3.63, 3.8) is 0 Å². The highest BCUT2D eigenvalue weighted by molar-refractivity contribution is 5.63. The lowest BCUT2D eigenvalue weighted by Crippen LogP contribution is -2.31. The van der Waals surface area contributed by atoms with Crippen molar-refractivity contribution in [3.8, 4) is 11.1 Å². The molecule has 0 saturated carbocycles. The van der Waals surface area contributed by atoms with E-state index in [1.807, 2.05) is 0 Å². The average molecular weight is 282 g/mol. The number of likely N-dealkylation sites (N-methyl/N-ethyl adjacent to an activating group) is 1. The first kappa shape index (κ1) is 15.7. The second-order valence-electron chi connectivity index (χ2n) is 5.76. The molecule has 0 aliphatic rings.